The van der Waals surface area contributed by atoms with E-state index in [4.69, 9.17) is 4.74 Å². The molecule has 0 bridgehead atoms. The van der Waals surface area contributed by atoms with Gasteiger partial charge >= 0.3 is 5.97 Å². The topological polar surface area (TPSA) is 103 Å². The molecule has 3 aromatic rings. The Morgan fingerprint density at radius 1 is 1.20 bits per heavy atom. The molecular formula is C27H32N2O5S. The second-order valence-electron chi connectivity index (χ2n) is 9.10. The van der Waals surface area contributed by atoms with Gasteiger partial charge in [-0.3, -0.25) is 18.9 Å². The van der Waals surface area contributed by atoms with Crippen molar-refractivity contribution in [2.75, 3.05) is 6.54 Å². The number of hydrogen-bond acceptors (Lipinski definition) is 6. The number of aromatic nitrogens is 1. The normalized spacial score (nSPS) is 19.1. The molecular weight excluding hydrogens is 464 g/mol. The van der Waals surface area contributed by atoms with Gasteiger partial charge in [0, 0.05) is 18.9 Å². The highest BCUT2D eigenvalue weighted by Gasteiger charge is 2.34. The molecule has 0 saturated carbocycles. The van der Waals surface area contributed by atoms with Crippen molar-refractivity contribution in [2.24, 2.45) is 0 Å². The van der Waals surface area contributed by atoms with Gasteiger partial charge in [0.2, 0.25) is 0 Å². The van der Waals surface area contributed by atoms with Crippen molar-refractivity contribution in [3.63, 3.8) is 0 Å². The van der Waals surface area contributed by atoms with Crippen LogP contribution in [0, 0.1) is 6.92 Å². The van der Waals surface area contributed by atoms with Gasteiger partial charge in [-0.05, 0) is 73.1 Å². The Morgan fingerprint density at radius 3 is 2.74 bits per heavy atom. The molecule has 0 aliphatic carbocycles. The zero-order valence-electron chi connectivity index (χ0n) is 20.0. The SMILES string of the molecule is Cc1ccc(C(CCc2cccnc2)CC(=O)O)cc1CN1CC(C)Oc2ccccc2S1(O)O. The zero-order chi connectivity index (χ0) is 25.0. The van der Waals surface area contributed by atoms with E-state index in [9.17, 15) is 19.0 Å². The molecule has 7 nitrogen and oxygen atoms in total. The molecule has 1 aromatic heterocycles. The Hall–Kier alpha value is -2.91. The highest BCUT2D eigenvalue weighted by Crippen LogP contribution is 2.57. The minimum atomic E-state index is -3.26. The number of aryl methyl sites for hydroxylation is 2. The number of nitrogens with zero attached hydrogens (tertiary/aromatic N) is 2. The van der Waals surface area contributed by atoms with Gasteiger partial charge in [-0.2, -0.15) is 4.31 Å². The van der Waals surface area contributed by atoms with E-state index in [1.165, 1.54) is 0 Å². The summed E-state index contributed by atoms with van der Waals surface area (Å²) in [4.78, 5) is 16.2. The van der Waals surface area contributed by atoms with Gasteiger partial charge in [0.05, 0.1) is 13.0 Å². The molecule has 186 valence electrons. The summed E-state index contributed by atoms with van der Waals surface area (Å²) >= 11 is 0. The molecule has 2 unspecified atom stereocenters. The maximum absolute atomic E-state index is 11.6. The highest BCUT2D eigenvalue weighted by atomic mass is 32.3. The predicted molar refractivity (Wildman–Crippen MR) is 137 cm³/mol. The summed E-state index contributed by atoms with van der Waals surface area (Å²) in [6, 6.07) is 16.9. The molecule has 0 saturated heterocycles. The fourth-order valence-electron chi connectivity index (χ4n) is 4.50. The van der Waals surface area contributed by atoms with Crippen LogP contribution in [0.25, 0.3) is 0 Å². The third-order valence-electron chi connectivity index (χ3n) is 6.41. The lowest BCUT2D eigenvalue weighted by Crippen LogP contribution is -2.33. The number of ether oxygens (including phenoxy) is 1. The number of carbonyl (C=O) groups is 1. The lowest BCUT2D eigenvalue weighted by Gasteiger charge is -2.42. The van der Waals surface area contributed by atoms with Crippen LogP contribution in [0.1, 0.15) is 47.9 Å². The third kappa shape index (κ3) is 6.02. The van der Waals surface area contributed by atoms with Crippen molar-refractivity contribution >= 4 is 16.7 Å². The van der Waals surface area contributed by atoms with Gasteiger partial charge < -0.3 is 9.84 Å². The summed E-state index contributed by atoms with van der Waals surface area (Å²) < 4.78 is 30.1. The van der Waals surface area contributed by atoms with Gasteiger partial charge in [-0.1, -0.05) is 36.4 Å². The molecule has 2 atom stereocenters. The number of aliphatic carboxylic acids is 1. The summed E-state index contributed by atoms with van der Waals surface area (Å²) in [5, 5.41) is 9.55. The van der Waals surface area contributed by atoms with E-state index < -0.39 is 16.7 Å². The predicted octanol–water partition coefficient (Wildman–Crippen LogP) is 5.89. The molecule has 4 rings (SSSR count). The number of pyridine rings is 1. The second kappa shape index (κ2) is 10.8. The molecule has 0 spiro atoms. The first-order chi connectivity index (χ1) is 16.7. The summed E-state index contributed by atoms with van der Waals surface area (Å²) in [6.07, 6.45) is 4.74. The van der Waals surface area contributed by atoms with Crippen LogP contribution < -0.4 is 4.74 Å². The van der Waals surface area contributed by atoms with Gasteiger partial charge in [0.25, 0.3) is 0 Å². The average Bonchev–Trinajstić information content (AvgIpc) is 2.92. The van der Waals surface area contributed by atoms with Gasteiger partial charge in [-0.15, -0.1) is 10.8 Å². The van der Waals surface area contributed by atoms with E-state index in [2.05, 4.69) is 4.98 Å². The van der Waals surface area contributed by atoms with Crippen LogP contribution in [0.5, 0.6) is 5.75 Å². The second-order valence-corrected chi connectivity index (χ2v) is 11.1. The van der Waals surface area contributed by atoms with E-state index in [1.807, 2.05) is 56.4 Å². The molecule has 8 heteroatoms. The molecule has 2 heterocycles. The quantitative estimate of drug-likeness (QED) is 0.357. The molecule has 35 heavy (non-hydrogen) atoms. The van der Waals surface area contributed by atoms with Crippen molar-refractivity contribution < 1.29 is 23.7 Å². The molecule has 2 aromatic carbocycles. The Kier molecular flexibility index (Phi) is 7.76. The molecule has 1 aliphatic heterocycles. The van der Waals surface area contributed by atoms with Crippen molar-refractivity contribution in [2.45, 2.75) is 56.6 Å². The summed E-state index contributed by atoms with van der Waals surface area (Å²) in [5.41, 5.74) is 3.96. The van der Waals surface area contributed by atoms with Crippen molar-refractivity contribution in [1.29, 1.82) is 0 Å². The fraction of sp³-hybridized carbons (Fsp3) is 0.333. The number of fused-ring (bicyclic) bond motifs is 1. The first-order valence-electron chi connectivity index (χ1n) is 11.7. The molecule has 1 aliphatic rings. The third-order valence-corrected chi connectivity index (χ3v) is 8.34. The number of benzene rings is 2. The lowest BCUT2D eigenvalue weighted by atomic mass is 9.88. The number of carboxylic acids is 1. The Labute approximate surface area is 207 Å². The summed E-state index contributed by atoms with van der Waals surface area (Å²) in [6.45, 7) is 4.56. The summed E-state index contributed by atoms with van der Waals surface area (Å²) in [5.74, 6) is -0.517. The molecule has 0 amide bonds. The summed E-state index contributed by atoms with van der Waals surface area (Å²) in [7, 11) is -3.26. The Balaban J connectivity index is 1.60. The Bertz CT molecular complexity index is 1170. The standard InChI is InChI=1S/C27H32N2O5S/c1-19-9-11-22(23(15-27(30)31)12-10-21-6-5-13-28-16-21)14-24(19)18-29-17-20(2)34-25-7-3-4-8-26(25)35(29,32)33/h3-9,11,13-14,16,20,23,32-33H,10,12,15,17-18H2,1-2H3,(H,30,31). The highest BCUT2D eigenvalue weighted by molar-refractivity contribution is 8.22. The first-order valence-corrected chi connectivity index (χ1v) is 13.2. The monoisotopic (exact) mass is 496 g/mol. The Morgan fingerprint density at radius 2 is 2.00 bits per heavy atom. The van der Waals surface area contributed by atoms with E-state index in [-0.39, 0.29) is 18.4 Å². The smallest absolute Gasteiger partial charge is 0.303 e. The van der Waals surface area contributed by atoms with Gasteiger partial charge in [0.15, 0.2) is 0 Å². The van der Waals surface area contributed by atoms with Gasteiger partial charge in [0.1, 0.15) is 16.7 Å². The largest absolute Gasteiger partial charge is 0.487 e. The van der Waals surface area contributed by atoms with Crippen molar-refractivity contribution in [3.8, 4) is 5.75 Å². The van der Waals surface area contributed by atoms with E-state index in [1.54, 1.807) is 28.7 Å². The number of carboxylic acid groups (broad SMARTS) is 1. The van der Waals surface area contributed by atoms with Crippen LogP contribution in [-0.4, -0.2) is 42.1 Å². The van der Waals surface area contributed by atoms with E-state index in [0.29, 0.717) is 30.2 Å². The van der Waals surface area contributed by atoms with Crippen LogP contribution in [-0.2, 0) is 17.8 Å². The van der Waals surface area contributed by atoms with Crippen LogP contribution in [0.2, 0.25) is 0 Å². The van der Waals surface area contributed by atoms with E-state index in [0.717, 1.165) is 28.7 Å². The maximum atomic E-state index is 11.6. The molecule has 0 radical (unpaired) electrons. The van der Waals surface area contributed by atoms with Crippen LogP contribution >= 0.6 is 10.8 Å². The average molecular weight is 497 g/mol. The number of hydrogen-bond donors (Lipinski definition) is 3. The van der Waals surface area contributed by atoms with E-state index >= 15 is 0 Å². The van der Waals surface area contributed by atoms with Crippen LogP contribution in [0.4, 0.5) is 0 Å². The fourth-order valence-corrected chi connectivity index (χ4v) is 6.16. The molecule has 3 N–H and O–H groups in total. The zero-order valence-corrected chi connectivity index (χ0v) is 20.8. The lowest BCUT2D eigenvalue weighted by molar-refractivity contribution is -0.137. The van der Waals surface area contributed by atoms with Crippen LogP contribution in [0.3, 0.4) is 0 Å². The first kappa shape index (κ1) is 25.2. The minimum absolute atomic E-state index is 0.0277. The van der Waals surface area contributed by atoms with Crippen LogP contribution in [0.15, 0.2) is 71.9 Å². The number of rotatable bonds is 8. The van der Waals surface area contributed by atoms with Gasteiger partial charge in [-0.25, -0.2) is 0 Å². The number of para-hydroxylation sites is 1. The van der Waals surface area contributed by atoms with Crippen molar-refractivity contribution in [3.05, 3.63) is 89.2 Å². The molecule has 0 fully saturated rings. The maximum Gasteiger partial charge on any atom is 0.303 e. The minimum Gasteiger partial charge on any atom is -0.487 e. The van der Waals surface area contributed by atoms with Crippen molar-refractivity contribution in [1.82, 2.24) is 9.29 Å².